The van der Waals surface area contributed by atoms with E-state index < -0.39 is 29.7 Å². The van der Waals surface area contributed by atoms with Crippen molar-refractivity contribution in [2.45, 2.75) is 43.1 Å². The van der Waals surface area contributed by atoms with Crippen molar-refractivity contribution < 1.29 is 18.0 Å². The largest absolute Gasteiger partial charge is 0.407 e. The summed E-state index contributed by atoms with van der Waals surface area (Å²) in [5.41, 5.74) is 0.604. The molecule has 1 heterocycles. The van der Waals surface area contributed by atoms with Crippen molar-refractivity contribution in [3.05, 3.63) is 71.9 Å². The van der Waals surface area contributed by atoms with E-state index in [0.29, 0.717) is 12.8 Å². The maximum atomic E-state index is 13.9. The average molecular weight is 426 g/mol. The van der Waals surface area contributed by atoms with Gasteiger partial charge in [-0.25, -0.2) is 0 Å². The molecule has 4 rings (SSSR count). The molecular formula is C23H21F3N4O. The second-order valence-electron chi connectivity index (χ2n) is 7.85. The van der Waals surface area contributed by atoms with E-state index in [1.807, 2.05) is 24.3 Å². The van der Waals surface area contributed by atoms with E-state index in [1.54, 1.807) is 12.3 Å². The van der Waals surface area contributed by atoms with Crippen molar-refractivity contribution in [2.24, 2.45) is 0 Å². The Hall–Kier alpha value is -3.31. The Morgan fingerprint density at radius 3 is 2.45 bits per heavy atom. The molecule has 1 aliphatic rings. The SMILES string of the molecule is N#CC1(NC(=O)[C@H](Cc2c[nH]c3ccccc23)N[C@H](c2ccccc2)C(F)(F)F)CC1. The molecule has 2 aromatic carbocycles. The van der Waals surface area contributed by atoms with Crippen LogP contribution in [0.1, 0.15) is 30.0 Å². The highest BCUT2D eigenvalue weighted by Gasteiger charge is 2.47. The van der Waals surface area contributed by atoms with Gasteiger partial charge in [-0.1, -0.05) is 48.5 Å². The van der Waals surface area contributed by atoms with E-state index in [9.17, 15) is 23.2 Å². The number of fused-ring (bicyclic) bond motifs is 1. The summed E-state index contributed by atoms with van der Waals surface area (Å²) in [6.07, 6.45) is -1.87. The van der Waals surface area contributed by atoms with Crippen LogP contribution in [0.2, 0.25) is 0 Å². The third-order valence-corrected chi connectivity index (χ3v) is 5.57. The van der Waals surface area contributed by atoms with Gasteiger partial charge in [-0.05, 0) is 36.5 Å². The molecule has 0 bridgehead atoms. The minimum atomic E-state index is -4.60. The molecule has 1 amide bonds. The summed E-state index contributed by atoms with van der Waals surface area (Å²) >= 11 is 0. The second kappa shape index (κ2) is 8.08. The first-order valence-corrected chi connectivity index (χ1v) is 9.97. The molecule has 1 aromatic heterocycles. The zero-order valence-corrected chi connectivity index (χ0v) is 16.5. The van der Waals surface area contributed by atoms with E-state index in [1.165, 1.54) is 24.3 Å². The number of benzene rings is 2. The van der Waals surface area contributed by atoms with Crippen molar-refractivity contribution in [2.75, 3.05) is 0 Å². The van der Waals surface area contributed by atoms with Crippen molar-refractivity contribution >= 4 is 16.8 Å². The fourth-order valence-corrected chi connectivity index (χ4v) is 3.69. The molecule has 0 unspecified atom stereocenters. The number of amides is 1. The van der Waals surface area contributed by atoms with Crippen molar-refractivity contribution in [1.29, 1.82) is 5.26 Å². The normalized spacial score (nSPS) is 17.0. The fraction of sp³-hybridized carbons (Fsp3) is 0.304. The summed E-state index contributed by atoms with van der Waals surface area (Å²) < 4.78 is 41.8. The predicted octanol–water partition coefficient (Wildman–Crippen LogP) is 4.14. The van der Waals surface area contributed by atoms with Crippen LogP contribution in [0.3, 0.4) is 0 Å². The van der Waals surface area contributed by atoms with Crippen molar-refractivity contribution in [3.8, 4) is 6.07 Å². The zero-order valence-electron chi connectivity index (χ0n) is 16.5. The van der Waals surface area contributed by atoms with Crippen LogP contribution in [-0.2, 0) is 11.2 Å². The van der Waals surface area contributed by atoms with Gasteiger partial charge in [0.25, 0.3) is 0 Å². The second-order valence-corrected chi connectivity index (χ2v) is 7.85. The molecule has 3 aromatic rings. The van der Waals surface area contributed by atoms with Crippen molar-refractivity contribution in [1.82, 2.24) is 15.6 Å². The Morgan fingerprint density at radius 2 is 1.81 bits per heavy atom. The number of carbonyl (C=O) groups excluding carboxylic acids is 1. The van der Waals surface area contributed by atoms with Gasteiger partial charge in [-0.3, -0.25) is 10.1 Å². The molecule has 160 valence electrons. The first kappa shape index (κ1) is 20.9. The highest BCUT2D eigenvalue weighted by atomic mass is 19.4. The van der Waals surface area contributed by atoms with Crippen LogP contribution in [-0.4, -0.2) is 28.6 Å². The van der Waals surface area contributed by atoms with E-state index in [-0.39, 0.29) is 12.0 Å². The van der Waals surface area contributed by atoms with Crippen LogP contribution in [0.15, 0.2) is 60.8 Å². The summed E-state index contributed by atoms with van der Waals surface area (Å²) in [6, 6.07) is 13.7. The number of nitrogens with zero attached hydrogens (tertiary/aromatic N) is 1. The fourth-order valence-electron chi connectivity index (χ4n) is 3.69. The lowest BCUT2D eigenvalue weighted by Gasteiger charge is -2.28. The van der Waals surface area contributed by atoms with Crippen LogP contribution in [0.5, 0.6) is 0 Å². The lowest BCUT2D eigenvalue weighted by atomic mass is 10.00. The molecule has 0 radical (unpaired) electrons. The minimum absolute atomic E-state index is 0.0214. The predicted molar refractivity (Wildman–Crippen MR) is 110 cm³/mol. The number of aromatic amines is 1. The first-order valence-electron chi connectivity index (χ1n) is 9.97. The number of rotatable bonds is 7. The molecule has 5 nitrogen and oxygen atoms in total. The number of hydrogen-bond donors (Lipinski definition) is 3. The van der Waals surface area contributed by atoms with Crippen LogP contribution in [0.4, 0.5) is 13.2 Å². The monoisotopic (exact) mass is 426 g/mol. The molecule has 1 aliphatic carbocycles. The number of alkyl halides is 3. The highest BCUT2D eigenvalue weighted by molar-refractivity contribution is 5.87. The number of nitrogens with one attached hydrogen (secondary N) is 3. The van der Waals surface area contributed by atoms with Gasteiger partial charge in [-0.2, -0.15) is 18.4 Å². The van der Waals surface area contributed by atoms with E-state index >= 15 is 0 Å². The molecular weight excluding hydrogens is 405 g/mol. The van der Waals surface area contributed by atoms with Gasteiger partial charge >= 0.3 is 6.18 Å². The van der Waals surface area contributed by atoms with Crippen LogP contribution in [0.25, 0.3) is 10.9 Å². The summed E-state index contributed by atoms with van der Waals surface area (Å²) in [5, 5.41) is 15.3. The third-order valence-electron chi connectivity index (χ3n) is 5.57. The number of aromatic nitrogens is 1. The van der Waals surface area contributed by atoms with Gasteiger partial charge in [0.05, 0.1) is 12.1 Å². The third kappa shape index (κ3) is 4.57. The summed E-state index contributed by atoms with van der Waals surface area (Å²) in [7, 11) is 0. The Labute approximate surface area is 177 Å². The summed E-state index contributed by atoms with van der Waals surface area (Å²) in [5.74, 6) is -0.616. The van der Waals surface area contributed by atoms with Gasteiger partial charge in [0.1, 0.15) is 11.6 Å². The van der Waals surface area contributed by atoms with Crippen LogP contribution in [0, 0.1) is 11.3 Å². The number of carbonyl (C=O) groups is 1. The average Bonchev–Trinajstić information content (AvgIpc) is 3.41. The molecule has 0 saturated heterocycles. The molecule has 0 aliphatic heterocycles. The molecule has 2 atom stereocenters. The van der Waals surface area contributed by atoms with Crippen LogP contribution >= 0.6 is 0 Å². The molecule has 8 heteroatoms. The molecule has 0 spiro atoms. The smallest absolute Gasteiger partial charge is 0.361 e. The summed E-state index contributed by atoms with van der Waals surface area (Å²) in [4.78, 5) is 16.1. The van der Waals surface area contributed by atoms with Crippen LogP contribution < -0.4 is 10.6 Å². The Kier molecular flexibility index (Phi) is 5.46. The van der Waals surface area contributed by atoms with Crippen molar-refractivity contribution in [3.63, 3.8) is 0 Å². The number of hydrogen-bond acceptors (Lipinski definition) is 3. The van der Waals surface area contributed by atoms with Gasteiger partial charge in [0.15, 0.2) is 0 Å². The molecule has 1 fully saturated rings. The van der Waals surface area contributed by atoms with E-state index in [0.717, 1.165) is 16.5 Å². The lowest BCUT2D eigenvalue weighted by Crippen LogP contribution is -2.52. The highest BCUT2D eigenvalue weighted by Crippen LogP contribution is 2.36. The Balaban J connectivity index is 1.65. The Bertz CT molecular complexity index is 1110. The van der Waals surface area contributed by atoms with Gasteiger partial charge in [0, 0.05) is 17.1 Å². The zero-order chi connectivity index (χ0) is 22.1. The van der Waals surface area contributed by atoms with E-state index in [4.69, 9.17) is 0 Å². The number of H-pyrrole nitrogens is 1. The standard InChI is InChI=1S/C23H21F3N4O/c24-23(25,26)20(15-6-2-1-3-7-15)29-19(21(31)30-22(14-27)10-11-22)12-16-13-28-18-9-5-4-8-17(16)18/h1-9,13,19-20,28-29H,10-12H2,(H,30,31)/t19-,20+/m0/s1. The Morgan fingerprint density at radius 1 is 1.13 bits per heavy atom. The molecule has 3 N–H and O–H groups in total. The molecule has 1 saturated carbocycles. The summed E-state index contributed by atoms with van der Waals surface area (Å²) in [6.45, 7) is 0. The quantitative estimate of drug-likeness (QED) is 0.531. The maximum Gasteiger partial charge on any atom is 0.407 e. The number of halogens is 3. The topological polar surface area (TPSA) is 80.7 Å². The van der Waals surface area contributed by atoms with Gasteiger partial charge < -0.3 is 10.3 Å². The van der Waals surface area contributed by atoms with E-state index in [2.05, 4.69) is 21.7 Å². The first-order chi connectivity index (χ1) is 14.8. The molecule has 31 heavy (non-hydrogen) atoms. The van der Waals surface area contributed by atoms with Gasteiger partial charge in [-0.15, -0.1) is 0 Å². The van der Waals surface area contributed by atoms with Gasteiger partial charge in [0.2, 0.25) is 5.91 Å². The lowest BCUT2D eigenvalue weighted by molar-refractivity contribution is -0.160. The number of para-hydroxylation sites is 1. The number of nitriles is 1. The maximum absolute atomic E-state index is 13.9. The minimum Gasteiger partial charge on any atom is -0.361 e.